The lowest BCUT2D eigenvalue weighted by Crippen LogP contribution is -2.06. The minimum Gasteiger partial charge on any atom is -0.478 e. The van der Waals surface area contributed by atoms with E-state index in [-0.39, 0.29) is 5.56 Å². The number of aromatic carboxylic acids is 1. The van der Waals surface area contributed by atoms with Crippen molar-refractivity contribution in [3.8, 4) is 0 Å². The van der Waals surface area contributed by atoms with E-state index in [1.54, 1.807) is 0 Å². The number of hydrogen-bond acceptors (Lipinski definition) is 3. The molecule has 0 atom stereocenters. The topological polar surface area (TPSA) is 62.5 Å². The molecule has 0 aliphatic heterocycles. The smallest absolute Gasteiger partial charge is 0.339 e. The Hall–Kier alpha value is -2.23. The maximum absolute atomic E-state index is 10.9. The molecule has 2 N–H and O–H groups in total. The van der Waals surface area contributed by atoms with Crippen molar-refractivity contribution in [2.24, 2.45) is 0 Å². The number of furan rings is 1. The van der Waals surface area contributed by atoms with E-state index in [2.05, 4.69) is 5.32 Å². The van der Waals surface area contributed by atoms with Gasteiger partial charge in [0.1, 0.15) is 11.3 Å². The Morgan fingerprint density at radius 1 is 1.28 bits per heavy atom. The van der Waals surface area contributed by atoms with E-state index in [4.69, 9.17) is 9.52 Å². The van der Waals surface area contributed by atoms with Crippen LogP contribution in [-0.4, -0.2) is 11.1 Å². The summed E-state index contributed by atoms with van der Waals surface area (Å²) in [5, 5.41) is 12.2. The van der Waals surface area contributed by atoms with Gasteiger partial charge in [-0.25, -0.2) is 4.79 Å². The van der Waals surface area contributed by atoms with Crippen LogP contribution < -0.4 is 5.32 Å². The Balaban J connectivity index is 2.17. The van der Waals surface area contributed by atoms with Crippen molar-refractivity contribution in [1.82, 2.24) is 0 Å². The third kappa shape index (κ3) is 2.37. The van der Waals surface area contributed by atoms with Crippen LogP contribution in [0.1, 0.15) is 27.2 Å². The molecule has 0 saturated heterocycles. The quantitative estimate of drug-likeness (QED) is 0.868. The van der Waals surface area contributed by atoms with Crippen LogP contribution in [0.5, 0.6) is 0 Å². The molecule has 0 fully saturated rings. The van der Waals surface area contributed by atoms with Crippen LogP contribution in [0.3, 0.4) is 0 Å². The van der Waals surface area contributed by atoms with Crippen LogP contribution in [0, 0.1) is 13.8 Å². The van der Waals surface area contributed by atoms with Crippen LogP contribution >= 0.6 is 0 Å². The van der Waals surface area contributed by atoms with Crippen LogP contribution in [0.15, 0.2) is 34.9 Å². The number of aryl methyl sites for hydroxylation is 2. The minimum atomic E-state index is -0.970. The van der Waals surface area contributed by atoms with Crippen molar-refractivity contribution >= 4 is 11.7 Å². The lowest BCUT2D eigenvalue weighted by atomic mass is 10.1. The molecule has 1 aromatic heterocycles. The molecule has 94 valence electrons. The van der Waals surface area contributed by atoms with Gasteiger partial charge in [-0.1, -0.05) is 18.2 Å². The molecule has 1 aromatic carbocycles. The van der Waals surface area contributed by atoms with Gasteiger partial charge in [-0.15, -0.1) is 0 Å². The molecule has 0 spiro atoms. The van der Waals surface area contributed by atoms with Crippen LogP contribution in [0.2, 0.25) is 0 Å². The highest BCUT2D eigenvalue weighted by Crippen LogP contribution is 2.21. The highest BCUT2D eigenvalue weighted by Gasteiger charge is 2.13. The first-order valence-electron chi connectivity index (χ1n) is 5.69. The standard InChI is InChI=1S/C14H15NO3/c1-9-4-3-5-10(2)13(9)15-8-12-11(14(16)17)6-7-18-12/h3-7,15H,8H2,1-2H3,(H,16,17). The monoisotopic (exact) mass is 245 g/mol. The van der Waals surface area contributed by atoms with Crippen LogP contribution in [0.4, 0.5) is 5.69 Å². The Morgan fingerprint density at radius 2 is 1.94 bits per heavy atom. The zero-order valence-corrected chi connectivity index (χ0v) is 10.4. The van der Waals surface area contributed by atoms with Gasteiger partial charge in [0.25, 0.3) is 0 Å². The van der Waals surface area contributed by atoms with Gasteiger partial charge >= 0.3 is 5.97 Å². The van der Waals surface area contributed by atoms with E-state index in [9.17, 15) is 4.79 Å². The summed E-state index contributed by atoms with van der Waals surface area (Å²) in [6.07, 6.45) is 1.39. The molecule has 0 amide bonds. The van der Waals surface area contributed by atoms with Crippen molar-refractivity contribution in [2.75, 3.05) is 5.32 Å². The average Bonchev–Trinajstić information content (AvgIpc) is 2.76. The summed E-state index contributed by atoms with van der Waals surface area (Å²) in [6, 6.07) is 7.47. The fourth-order valence-corrected chi connectivity index (χ4v) is 1.93. The molecule has 2 rings (SSSR count). The second kappa shape index (κ2) is 4.96. The third-order valence-electron chi connectivity index (χ3n) is 2.88. The first kappa shape index (κ1) is 12.2. The van der Waals surface area contributed by atoms with E-state index >= 15 is 0 Å². The molecular formula is C14H15NO3. The predicted octanol–water partition coefficient (Wildman–Crippen LogP) is 3.21. The van der Waals surface area contributed by atoms with E-state index in [0.717, 1.165) is 16.8 Å². The van der Waals surface area contributed by atoms with Crippen molar-refractivity contribution < 1.29 is 14.3 Å². The minimum absolute atomic E-state index is 0.203. The summed E-state index contributed by atoms with van der Waals surface area (Å²) >= 11 is 0. The summed E-state index contributed by atoms with van der Waals surface area (Å²) in [7, 11) is 0. The third-order valence-corrected chi connectivity index (χ3v) is 2.88. The summed E-state index contributed by atoms with van der Waals surface area (Å²) in [6.45, 7) is 4.38. The molecule has 0 bridgehead atoms. The van der Waals surface area contributed by atoms with Crippen LogP contribution in [-0.2, 0) is 6.54 Å². The van der Waals surface area contributed by atoms with Gasteiger partial charge in [0.2, 0.25) is 0 Å². The van der Waals surface area contributed by atoms with Gasteiger partial charge in [-0.2, -0.15) is 0 Å². The first-order valence-corrected chi connectivity index (χ1v) is 5.69. The summed E-state index contributed by atoms with van der Waals surface area (Å²) in [5.41, 5.74) is 3.47. The van der Waals surface area contributed by atoms with Gasteiger partial charge in [-0.05, 0) is 31.0 Å². The van der Waals surface area contributed by atoms with Crippen molar-refractivity contribution in [3.05, 3.63) is 53.0 Å². The largest absolute Gasteiger partial charge is 0.478 e. The average molecular weight is 245 g/mol. The Bertz CT molecular complexity index is 552. The predicted molar refractivity (Wildman–Crippen MR) is 68.9 cm³/mol. The van der Waals surface area contributed by atoms with Gasteiger partial charge < -0.3 is 14.8 Å². The molecule has 18 heavy (non-hydrogen) atoms. The van der Waals surface area contributed by atoms with Gasteiger partial charge in [0.15, 0.2) is 0 Å². The number of hydrogen-bond donors (Lipinski definition) is 2. The molecular weight excluding hydrogens is 230 g/mol. The van der Waals surface area contributed by atoms with Crippen molar-refractivity contribution in [3.63, 3.8) is 0 Å². The van der Waals surface area contributed by atoms with E-state index in [1.165, 1.54) is 12.3 Å². The second-order valence-corrected chi connectivity index (χ2v) is 4.18. The molecule has 0 radical (unpaired) electrons. The molecule has 4 heteroatoms. The highest BCUT2D eigenvalue weighted by molar-refractivity contribution is 5.88. The molecule has 2 aromatic rings. The Morgan fingerprint density at radius 3 is 2.56 bits per heavy atom. The lowest BCUT2D eigenvalue weighted by Gasteiger charge is -2.11. The first-order chi connectivity index (χ1) is 8.59. The maximum Gasteiger partial charge on any atom is 0.339 e. The fourth-order valence-electron chi connectivity index (χ4n) is 1.93. The maximum atomic E-state index is 10.9. The van der Waals surface area contributed by atoms with E-state index in [0.29, 0.717) is 12.3 Å². The van der Waals surface area contributed by atoms with Crippen molar-refractivity contribution in [1.29, 1.82) is 0 Å². The molecule has 0 unspecified atom stereocenters. The second-order valence-electron chi connectivity index (χ2n) is 4.18. The van der Waals surface area contributed by atoms with Crippen LogP contribution in [0.25, 0.3) is 0 Å². The zero-order valence-electron chi connectivity index (χ0n) is 10.4. The fraction of sp³-hybridized carbons (Fsp3) is 0.214. The molecule has 4 nitrogen and oxygen atoms in total. The van der Waals surface area contributed by atoms with E-state index < -0.39 is 5.97 Å². The number of para-hydroxylation sites is 1. The number of benzene rings is 1. The Labute approximate surface area is 105 Å². The molecule has 0 aliphatic rings. The number of carboxylic acids is 1. The van der Waals surface area contributed by atoms with Gasteiger partial charge in [0, 0.05) is 5.69 Å². The molecule has 0 aliphatic carbocycles. The number of carbonyl (C=O) groups is 1. The van der Waals surface area contributed by atoms with Crippen molar-refractivity contribution in [2.45, 2.75) is 20.4 Å². The number of anilines is 1. The number of nitrogens with one attached hydrogen (secondary N) is 1. The summed E-state index contributed by atoms with van der Waals surface area (Å²) in [5.74, 6) is -0.535. The molecule has 0 saturated carbocycles. The normalized spacial score (nSPS) is 10.3. The van der Waals surface area contributed by atoms with E-state index in [1.807, 2.05) is 32.0 Å². The van der Waals surface area contributed by atoms with Gasteiger partial charge in [0.05, 0.1) is 12.8 Å². The summed E-state index contributed by atoms with van der Waals surface area (Å²) < 4.78 is 5.18. The number of rotatable bonds is 4. The SMILES string of the molecule is Cc1cccc(C)c1NCc1occc1C(=O)O. The lowest BCUT2D eigenvalue weighted by molar-refractivity contribution is 0.0694. The zero-order chi connectivity index (χ0) is 13.1. The van der Waals surface area contributed by atoms with Gasteiger partial charge in [-0.3, -0.25) is 0 Å². The molecule has 1 heterocycles. The number of carboxylic acid groups (broad SMARTS) is 1. The highest BCUT2D eigenvalue weighted by atomic mass is 16.4. The Kier molecular flexibility index (Phi) is 3.37. The summed E-state index contributed by atoms with van der Waals surface area (Å²) in [4.78, 5) is 10.9.